The second kappa shape index (κ2) is 7.03. The molecule has 0 bridgehead atoms. The lowest BCUT2D eigenvalue weighted by atomic mass is 9.82. The highest BCUT2D eigenvalue weighted by molar-refractivity contribution is 5.15. The van der Waals surface area contributed by atoms with E-state index in [0.717, 1.165) is 57.4 Å². The molecule has 0 N–H and O–H groups in total. The van der Waals surface area contributed by atoms with E-state index in [-0.39, 0.29) is 0 Å². The maximum Gasteiger partial charge on any atom is 0.240 e. The van der Waals surface area contributed by atoms with Gasteiger partial charge in [-0.15, -0.1) is 0 Å². The van der Waals surface area contributed by atoms with E-state index in [4.69, 9.17) is 9.26 Å². The Morgan fingerprint density at radius 2 is 2.04 bits per heavy atom. The molecule has 128 valence electrons. The lowest BCUT2D eigenvalue weighted by Gasteiger charge is -2.33. The number of aromatic nitrogens is 2. The number of benzene rings is 1. The van der Waals surface area contributed by atoms with Crippen LogP contribution < -0.4 is 0 Å². The monoisotopic (exact) mass is 327 g/mol. The van der Waals surface area contributed by atoms with Gasteiger partial charge < -0.3 is 9.26 Å². The van der Waals surface area contributed by atoms with Crippen molar-refractivity contribution in [1.29, 1.82) is 0 Å². The van der Waals surface area contributed by atoms with Crippen LogP contribution in [0.3, 0.4) is 0 Å². The molecule has 2 fully saturated rings. The minimum absolute atomic E-state index is 0.369. The second-order valence-corrected chi connectivity index (χ2v) is 7.21. The van der Waals surface area contributed by atoms with Gasteiger partial charge in [0, 0.05) is 25.0 Å². The Balaban J connectivity index is 1.29. The average Bonchev–Trinajstić information content (AvgIpc) is 3.22. The molecular formula is C19H25N3O2. The van der Waals surface area contributed by atoms with Gasteiger partial charge >= 0.3 is 0 Å². The largest absolute Gasteiger partial charge is 0.381 e. The molecule has 0 saturated carbocycles. The van der Waals surface area contributed by atoms with E-state index in [1.165, 1.54) is 24.8 Å². The summed E-state index contributed by atoms with van der Waals surface area (Å²) in [4.78, 5) is 7.01. The summed E-state index contributed by atoms with van der Waals surface area (Å²) >= 11 is 0. The SMILES string of the molecule is c1ccc(CCc2noc(CN3CCC4(CCCOC4)C3)n2)cc1. The summed E-state index contributed by atoms with van der Waals surface area (Å²) in [6.45, 7) is 4.80. The fraction of sp³-hybridized carbons (Fsp3) is 0.579. The van der Waals surface area contributed by atoms with Crippen LogP contribution in [0.2, 0.25) is 0 Å². The van der Waals surface area contributed by atoms with Crippen molar-refractivity contribution in [1.82, 2.24) is 15.0 Å². The third kappa shape index (κ3) is 3.68. The summed E-state index contributed by atoms with van der Waals surface area (Å²) in [5.74, 6) is 1.55. The molecule has 2 saturated heterocycles. The highest BCUT2D eigenvalue weighted by atomic mass is 16.5. The number of ether oxygens (including phenoxy) is 1. The van der Waals surface area contributed by atoms with E-state index in [2.05, 4.69) is 39.3 Å². The molecule has 2 aliphatic rings. The first-order valence-corrected chi connectivity index (χ1v) is 8.97. The highest BCUT2D eigenvalue weighted by Gasteiger charge is 2.39. The minimum Gasteiger partial charge on any atom is -0.381 e. The van der Waals surface area contributed by atoms with Gasteiger partial charge in [0.15, 0.2) is 5.82 Å². The Kier molecular flexibility index (Phi) is 4.63. The molecule has 0 radical (unpaired) electrons. The molecule has 1 aromatic carbocycles. The lowest BCUT2D eigenvalue weighted by molar-refractivity contribution is -0.00288. The van der Waals surface area contributed by atoms with E-state index >= 15 is 0 Å². The Labute approximate surface area is 143 Å². The maximum atomic E-state index is 5.71. The van der Waals surface area contributed by atoms with E-state index in [9.17, 15) is 0 Å². The van der Waals surface area contributed by atoms with Crippen molar-refractivity contribution in [2.75, 3.05) is 26.3 Å². The standard InChI is InChI=1S/C19H25N3O2/c1-2-5-16(6-3-1)7-8-17-20-18(24-21-17)13-22-11-10-19(14-22)9-4-12-23-15-19/h1-3,5-6H,4,7-15H2. The first-order chi connectivity index (χ1) is 11.8. The molecule has 2 aromatic rings. The molecular weight excluding hydrogens is 302 g/mol. The van der Waals surface area contributed by atoms with Gasteiger partial charge in [-0.3, -0.25) is 4.90 Å². The molecule has 4 rings (SSSR count). The van der Waals surface area contributed by atoms with Crippen molar-refractivity contribution < 1.29 is 9.26 Å². The van der Waals surface area contributed by atoms with Crippen LogP contribution in [-0.4, -0.2) is 41.3 Å². The van der Waals surface area contributed by atoms with Crippen molar-refractivity contribution in [2.24, 2.45) is 5.41 Å². The van der Waals surface area contributed by atoms with Crippen molar-refractivity contribution in [2.45, 2.75) is 38.6 Å². The first-order valence-electron chi connectivity index (χ1n) is 8.97. The van der Waals surface area contributed by atoms with Crippen LogP contribution in [0.25, 0.3) is 0 Å². The fourth-order valence-corrected chi connectivity index (χ4v) is 3.94. The Morgan fingerprint density at radius 3 is 2.88 bits per heavy atom. The molecule has 2 aliphatic heterocycles. The smallest absolute Gasteiger partial charge is 0.240 e. The average molecular weight is 327 g/mol. The predicted octanol–water partition coefficient (Wildman–Crippen LogP) is 2.86. The van der Waals surface area contributed by atoms with Crippen LogP contribution in [0.15, 0.2) is 34.9 Å². The summed E-state index contributed by atoms with van der Waals surface area (Å²) in [6.07, 6.45) is 5.48. The molecule has 1 unspecified atom stereocenters. The summed E-state index contributed by atoms with van der Waals surface area (Å²) in [5, 5.41) is 4.14. The van der Waals surface area contributed by atoms with Gasteiger partial charge in [-0.2, -0.15) is 4.98 Å². The number of likely N-dealkylation sites (tertiary alicyclic amines) is 1. The van der Waals surface area contributed by atoms with Crippen molar-refractivity contribution in [3.05, 3.63) is 47.6 Å². The molecule has 5 heteroatoms. The Bertz CT molecular complexity index is 650. The van der Waals surface area contributed by atoms with Crippen LogP contribution in [0.1, 0.15) is 36.5 Å². The first kappa shape index (κ1) is 15.8. The van der Waals surface area contributed by atoms with Gasteiger partial charge in [-0.05, 0) is 37.8 Å². The molecule has 1 spiro atoms. The highest BCUT2D eigenvalue weighted by Crippen LogP contribution is 2.38. The van der Waals surface area contributed by atoms with Gasteiger partial charge in [0.25, 0.3) is 0 Å². The molecule has 24 heavy (non-hydrogen) atoms. The Hall–Kier alpha value is -1.72. The predicted molar refractivity (Wildman–Crippen MR) is 90.5 cm³/mol. The van der Waals surface area contributed by atoms with E-state index in [1.54, 1.807) is 0 Å². The zero-order chi connectivity index (χ0) is 16.2. The number of aryl methyl sites for hydroxylation is 2. The second-order valence-electron chi connectivity index (χ2n) is 7.21. The van der Waals surface area contributed by atoms with E-state index in [0.29, 0.717) is 5.41 Å². The molecule has 5 nitrogen and oxygen atoms in total. The fourth-order valence-electron chi connectivity index (χ4n) is 3.94. The zero-order valence-electron chi connectivity index (χ0n) is 14.1. The number of rotatable bonds is 5. The molecule has 1 aromatic heterocycles. The molecule has 3 heterocycles. The van der Waals surface area contributed by atoms with Gasteiger partial charge in [-0.1, -0.05) is 35.5 Å². The van der Waals surface area contributed by atoms with Gasteiger partial charge in [0.05, 0.1) is 13.2 Å². The molecule has 1 atom stereocenters. The molecule has 0 amide bonds. The van der Waals surface area contributed by atoms with Crippen LogP contribution >= 0.6 is 0 Å². The van der Waals surface area contributed by atoms with Crippen LogP contribution in [-0.2, 0) is 24.1 Å². The molecule has 0 aliphatic carbocycles. The van der Waals surface area contributed by atoms with E-state index in [1.807, 2.05) is 6.07 Å². The Morgan fingerprint density at radius 1 is 1.12 bits per heavy atom. The van der Waals surface area contributed by atoms with Crippen molar-refractivity contribution in [3.8, 4) is 0 Å². The third-order valence-corrected chi connectivity index (χ3v) is 5.27. The maximum absolute atomic E-state index is 5.71. The summed E-state index contributed by atoms with van der Waals surface area (Å²) < 4.78 is 11.2. The number of nitrogens with zero attached hydrogens (tertiary/aromatic N) is 3. The van der Waals surface area contributed by atoms with Gasteiger partial charge in [0.1, 0.15) is 0 Å². The van der Waals surface area contributed by atoms with Crippen LogP contribution in [0.5, 0.6) is 0 Å². The summed E-state index contributed by atoms with van der Waals surface area (Å²) in [7, 11) is 0. The van der Waals surface area contributed by atoms with Crippen molar-refractivity contribution in [3.63, 3.8) is 0 Å². The third-order valence-electron chi connectivity index (χ3n) is 5.27. The summed E-state index contributed by atoms with van der Waals surface area (Å²) in [5.41, 5.74) is 1.68. The summed E-state index contributed by atoms with van der Waals surface area (Å²) in [6, 6.07) is 10.4. The van der Waals surface area contributed by atoms with E-state index < -0.39 is 0 Å². The normalized spacial score (nSPS) is 24.7. The topological polar surface area (TPSA) is 51.4 Å². The van der Waals surface area contributed by atoms with Crippen LogP contribution in [0, 0.1) is 5.41 Å². The van der Waals surface area contributed by atoms with Gasteiger partial charge in [0.2, 0.25) is 5.89 Å². The zero-order valence-corrected chi connectivity index (χ0v) is 14.1. The lowest BCUT2D eigenvalue weighted by Crippen LogP contribution is -2.34. The number of hydrogen-bond donors (Lipinski definition) is 0. The van der Waals surface area contributed by atoms with Gasteiger partial charge in [-0.25, -0.2) is 0 Å². The van der Waals surface area contributed by atoms with Crippen molar-refractivity contribution >= 4 is 0 Å². The quantitative estimate of drug-likeness (QED) is 0.845. The van der Waals surface area contributed by atoms with Crippen LogP contribution in [0.4, 0.5) is 0 Å². The number of hydrogen-bond acceptors (Lipinski definition) is 5. The minimum atomic E-state index is 0.369.